The monoisotopic (exact) mass is 411 g/mol. The van der Waals surface area contributed by atoms with E-state index in [0.717, 1.165) is 47.9 Å². The Morgan fingerprint density at radius 3 is 2.79 bits per heavy atom. The van der Waals surface area contributed by atoms with Crippen molar-refractivity contribution in [1.29, 1.82) is 0 Å². The molecule has 0 saturated carbocycles. The number of benzene rings is 2. The molecule has 1 aliphatic heterocycles. The normalized spacial score (nSPS) is 15.4. The maximum absolute atomic E-state index is 13.3. The summed E-state index contributed by atoms with van der Waals surface area (Å²) in [6.45, 7) is 1.55. The molecule has 4 aromatic rings. The Bertz CT molecular complexity index is 1220. The van der Waals surface area contributed by atoms with Gasteiger partial charge in [0.05, 0.1) is 16.1 Å². The molecular weight excluding hydrogens is 393 g/mol. The summed E-state index contributed by atoms with van der Waals surface area (Å²) in [5.74, 6) is -0.182. The average molecular weight is 412 g/mol. The van der Waals surface area contributed by atoms with E-state index in [1.54, 1.807) is 6.07 Å². The quantitative estimate of drug-likeness (QED) is 0.456. The van der Waals surface area contributed by atoms with Crippen LogP contribution in [0.1, 0.15) is 40.5 Å². The van der Waals surface area contributed by atoms with Crippen LogP contribution in [0, 0.1) is 5.82 Å². The zero-order valence-electron chi connectivity index (χ0n) is 15.6. The summed E-state index contributed by atoms with van der Waals surface area (Å²) >= 11 is 5.82. The topological polar surface area (TPSA) is 70.8 Å². The van der Waals surface area contributed by atoms with Gasteiger partial charge in [-0.15, -0.1) is 0 Å². The number of carbonyl (C=O) groups excluding carboxylic acids is 1. The largest absolute Gasteiger partial charge is 0.381 e. The summed E-state index contributed by atoms with van der Waals surface area (Å²) in [7, 11) is 0. The molecule has 148 valence electrons. The van der Waals surface area contributed by atoms with Gasteiger partial charge in [-0.3, -0.25) is 4.79 Å². The zero-order valence-corrected chi connectivity index (χ0v) is 16.4. The van der Waals surface area contributed by atoms with Gasteiger partial charge in [0.25, 0.3) is 0 Å². The van der Waals surface area contributed by atoms with Crippen molar-refractivity contribution in [3.05, 3.63) is 64.2 Å². The Morgan fingerprint density at radius 1 is 1.17 bits per heavy atom. The van der Waals surface area contributed by atoms with E-state index in [1.807, 2.05) is 12.1 Å². The molecule has 0 amide bonds. The smallest absolute Gasteiger partial charge is 0.185 e. The Labute approximate surface area is 171 Å². The number of nitrogens with zero attached hydrogens (tertiary/aromatic N) is 1. The summed E-state index contributed by atoms with van der Waals surface area (Å²) in [5, 5.41) is 8.61. The second-order valence-electron chi connectivity index (χ2n) is 7.50. The van der Waals surface area contributed by atoms with Gasteiger partial charge in [0.1, 0.15) is 11.5 Å². The Morgan fingerprint density at radius 2 is 2.00 bits per heavy atom. The maximum Gasteiger partial charge on any atom is 0.185 e. The van der Waals surface area contributed by atoms with Crippen molar-refractivity contribution >= 4 is 39.2 Å². The first-order chi connectivity index (χ1) is 14.1. The van der Waals surface area contributed by atoms with Gasteiger partial charge in [0.15, 0.2) is 5.78 Å². The molecule has 0 unspecified atom stereocenters. The molecule has 0 aliphatic carbocycles. The molecule has 0 spiro atoms. The standard InChI is InChI=1S/C22H19ClFN3O2/c23-16-7-12(1-2-17(16)24)8-21(28)20-10-14-9-15-19(11-18(14)25-20)26-27-22(15)13-3-5-29-6-4-13/h1-2,7,9-11,13,26-27H,3-6,8H2. The first-order valence-electron chi connectivity index (χ1n) is 9.64. The molecule has 0 atom stereocenters. The highest BCUT2D eigenvalue weighted by atomic mass is 35.5. The van der Waals surface area contributed by atoms with Crippen LogP contribution in [0.15, 0.2) is 36.4 Å². The van der Waals surface area contributed by atoms with Crippen LogP contribution in [0.2, 0.25) is 5.02 Å². The molecule has 2 aromatic heterocycles. The summed E-state index contributed by atoms with van der Waals surface area (Å²) < 4.78 is 18.8. The number of halogens is 2. The zero-order chi connectivity index (χ0) is 20.0. The fourth-order valence-corrected chi connectivity index (χ4v) is 4.23. The fourth-order valence-electron chi connectivity index (χ4n) is 4.03. The number of hydrogen-bond donors (Lipinski definition) is 2. The van der Waals surface area contributed by atoms with Crippen molar-refractivity contribution in [3.8, 4) is 0 Å². The Balaban J connectivity index is 1.46. The molecule has 1 saturated heterocycles. The number of nitrogens with one attached hydrogen (secondary N) is 2. The lowest BCUT2D eigenvalue weighted by Gasteiger charge is -2.21. The first-order valence-corrected chi connectivity index (χ1v) is 10.0. The van der Waals surface area contributed by atoms with Gasteiger partial charge >= 0.3 is 0 Å². The predicted molar refractivity (Wildman–Crippen MR) is 110 cm³/mol. The number of ether oxygens (including phenoxy) is 1. The minimum absolute atomic E-state index is 0.0158. The number of carbonyl (C=O) groups is 1. The minimum atomic E-state index is -0.493. The number of hydrogen-bond acceptors (Lipinski definition) is 3. The SMILES string of the molecule is O=C(Cc1ccc(F)c(Cl)c1)c1cc2cc3c(C4CCOCC4)[nH][nH]c3cc2n1. The lowest BCUT2D eigenvalue weighted by Crippen LogP contribution is -2.14. The first kappa shape index (κ1) is 18.3. The van der Waals surface area contributed by atoms with Crippen LogP contribution in [0.4, 0.5) is 4.39 Å². The van der Waals surface area contributed by atoms with Gasteiger partial charge in [-0.2, -0.15) is 0 Å². The van der Waals surface area contributed by atoms with E-state index in [1.165, 1.54) is 17.8 Å². The van der Waals surface area contributed by atoms with E-state index in [4.69, 9.17) is 16.3 Å². The third-order valence-electron chi connectivity index (χ3n) is 5.59. The van der Waals surface area contributed by atoms with E-state index in [2.05, 4.69) is 21.2 Å². The number of aromatic nitrogens is 3. The number of fused-ring (bicyclic) bond motifs is 2. The van der Waals surface area contributed by atoms with E-state index in [0.29, 0.717) is 17.2 Å². The van der Waals surface area contributed by atoms with Crippen molar-refractivity contribution in [3.63, 3.8) is 0 Å². The molecule has 5 rings (SSSR count). The second kappa shape index (κ2) is 7.28. The van der Waals surface area contributed by atoms with Crippen LogP contribution >= 0.6 is 11.6 Å². The molecular formula is C22H19ClFN3O2. The molecule has 5 nitrogen and oxygen atoms in total. The molecule has 2 aromatic carbocycles. The molecule has 1 aliphatic rings. The van der Waals surface area contributed by atoms with Gasteiger partial charge in [-0.05, 0) is 48.7 Å². The van der Waals surface area contributed by atoms with E-state index < -0.39 is 5.82 Å². The minimum Gasteiger partial charge on any atom is -0.381 e. The molecule has 7 heteroatoms. The van der Waals surface area contributed by atoms with Crippen molar-refractivity contribution in [2.75, 3.05) is 13.2 Å². The number of rotatable bonds is 4. The van der Waals surface area contributed by atoms with Gasteiger partial charge < -0.3 is 14.9 Å². The number of aromatic amines is 2. The molecule has 29 heavy (non-hydrogen) atoms. The third kappa shape index (κ3) is 3.43. The number of Topliss-reactive ketones (excluding diaryl/α,β-unsaturated/α-hetero) is 1. The van der Waals surface area contributed by atoms with Crippen molar-refractivity contribution < 1.29 is 13.9 Å². The van der Waals surface area contributed by atoms with Gasteiger partial charge in [0, 0.05) is 42.0 Å². The Hall–Kier alpha value is -2.70. The van der Waals surface area contributed by atoms with Crippen LogP contribution in [-0.2, 0) is 11.2 Å². The van der Waals surface area contributed by atoms with Gasteiger partial charge in [0.2, 0.25) is 0 Å². The van der Waals surface area contributed by atoms with Gasteiger partial charge in [-0.1, -0.05) is 17.7 Å². The summed E-state index contributed by atoms with van der Waals surface area (Å²) in [5.41, 5.74) is 4.00. The van der Waals surface area contributed by atoms with E-state index >= 15 is 0 Å². The maximum atomic E-state index is 13.3. The van der Waals surface area contributed by atoms with Gasteiger partial charge in [-0.25, -0.2) is 9.37 Å². The van der Waals surface area contributed by atoms with E-state index in [9.17, 15) is 9.18 Å². The van der Waals surface area contributed by atoms with Crippen LogP contribution in [0.5, 0.6) is 0 Å². The summed E-state index contributed by atoms with van der Waals surface area (Å²) in [4.78, 5) is 17.2. The van der Waals surface area contributed by atoms with Crippen LogP contribution in [0.25, 0.3) is 21.8 Å². The molecule has 0 radical (unpaired) electrons. The highest BCUT2D eigenvalue weighted by Gasteiger charge is 2.21. The highest BCUT2D eigenvalue weighted by Crippen LogP contribution is 2.33. The lowest BCUT2D eigenvalue weighted by atomic mass is 9.94. The van der Waals surface area contributed by atoms with Crippen LogP contribution in [-0.4, -0.2) is 34.2 Å². The summed E-state index contributed by atoms with van der Waals surface area (Å²) in [6, 6.07) is 10.2. The molecule has 2 N–H and O–H groups in total. The summed E-state index contributed by atoms with van der Waals surface area (Å²) in [6.07, 6.45) is 2.11. The predicted octanol–water partition coefficient (Wildman–Crippen LogP) is 5.16. The van der Waals surface area contributed by atoms with Crippen molar-refractivity contribution in [2.24, 2.45) is 0 Å². The van der Waals surface area contributed by atoms with Crippen LogP contribution < -0.4 is 0 Å². The molecule has 3 heterocycles. The number of ketones is 1. The highest BCUT2D eigenvalue weighted by molar-refractivity contribution is 6.30. The third-order valence-corrected chi connectivity index (χ3v) is 5.88. The van der Waals surface area contributed by atoms with Crippen molar-refractivity contribution in [2.45, 2.75) is 25.2 Å². The van der Waals surface area contributed by atoms with E-state index in [-0.39, 0.29) is 17.2 Å². The Kier molecular flexibility index (Phi) is 4.60. The fraction of sp³-hybridized carbons (Fsp3) is 0.273. The van der Waals surface area contributed by atoms with Crippen LogP contribution in [0.3, 0.4) is 0 Å². The molecule has 0 bridgehead atoms. The molecule has 1 fully saturated rings. The average Bonchev–Trinajstić information content (AvgIpc) is 3.33. The number of H-pyrrole nitrogens is 2. The second-order valence-corrected chi connectivity index (χ2v) is 7.90. The van der Waals surface area contributed by atoms with Crippen molar-refractivity contribution in [1.82, 2.24) is 15.2 Å². The lowest BCUT2D eigenvalue weighted by molar-refractivity contribution is 0.0847.